The van der Waals surface area contributed by atoms with Crippen LogP contribution < -0.4 is 9.64 Å². The number of allylic oxidation sites excluding steroid dienone is 1. The number of anilines is 1. The van der Waals surface area contributed by atoms with Crippen LogP contribution in [0, 0.1) is 12.8 Å². The summed E-state index contributed by atoms with van der Waals surface area (Å²) in [6.45, 7) is 7.56. The summed E-state index contributed by atoms with van der Waals surface area (Å²) >= 11 is 3.55. The second-order valence-corrected chi connectivity index (χ2v) is 6.95. The molecule has 0 saturated heterocycles. The van der Waals surface area contributed by atoms with Crippen LogP contribution in [0.1, 0.15) is 38.7 Å². The van der Waals surface area contributed by atoms with Crippen LogP contribution in [0.2, 0.25) is 0 Å². The SMILES string of the molecule is CCCC(CC)C1=CN(c2c(C)cc(Br)cc2OC)CN1C. The summed E-state index contributed by atoms with van der Waals surface area (Å²) in [5, 5.41) is 0. The quantitative estimate of drug-likeness (QED) is 0.692. The lowest BCUT2D eigenvalue weighted by Crippen LogP contribution is -2.25. The lowest BCUT2D eigenvalue weighted by molar-refractivity contribution is 0.368. The monoisotopic (exact) mass is 366 g/mol. The van der Waals surface area contributed by atoms with Crippen molar-refractivity contribution in [1.29, 1.82) is 0 Å². The van der Waals surface area contributed by atoms with Gasteiger partial charge in [0.1, 0.15) is 5.75 Å². The van der Waals surface area contributed by atoms with E-state index in [2.05, 4.69) is 65.8 Å². The predicted molar refractivity (Wildman–Crippen MR) is 97.3 cm³/mol. The first-order valence-corrected chi connectivity index (χ1v) is 8.84. The smallest absolute Gasteiger partial charge is 0.143 e. The minimum Gasteiger partial charge on any atom is -0.495 e. The van der Waals surface area contributed by atoms with Crippen LogP contribution in [-0.2, 0) is 0 Å². The van der Waals surface area contributed by atoms with E-state index < -0.39 is 0 Å². The Hall–Kier alpha value is -1.16. The molecule has 1 unspecified atom stereocenters. The van der Waals surface area contributed by atoms with Crippen molar-refractivity contribution in [3.63, 3.8) is 0 Å². The van der Waals surface area contributed by atoms with E-state index >= 15 is 0 Å². The number of nitrogens with zero attached hydrogens (tertiary/aromatic N) is 2. The third kappa shape index (κ3) is 3.43. The first-order valence-electron chi connectivity index (χ1n) is 8.05. The molecule has 1 heterocycles. The molecule has 0 amide bonds. The van der Waals surface area contributed by atoms with Gasteiger partial charge in [-0.2, -0.15) is 0 Å². The van der Waals surface area contributed by atoms with Gasteiger partial charge in [-0.1, -0.05) is 36.2 Å². The van der Waals surface area contributed by atoms with Crippen molar-refractivity contribution in [3.8, 4) is 5.75 Å². The van der Waals surface area contributed by atoms with Crippen molar-refractivity contribution < 1.29 is 4.74 Å². The van der Waals surface area contributed by atoms with Gasteiger partial charge in [0.2, 0.25) is 0 Å². The first kappa shape index (κ1) is 17.2. The molecule has 0 spiro atoms. The summed E-state index contributed by atoms with van der Waals surface area (Å²) in [5.74, 6) is 1.56. The van der Waals surface area contributed by atoms with Gasteiger partial charge in [-0.25, -0.2) is 0 Å². The summed E-state index contributed by atoms with van der Waals surface area (Å²) in [6.07, 6.45) is 5.97. The van der Waals surface area contributed by atoms with Crippen molar-refractivity contribution in [2.45, 2.75) is 40.0 Å². The fourth-order valence-electron chi connectivity index (χ4n) is 3.30. The highest BCUT2D eigenvalue weighted by Crippen LogP contribution is 2.39. The van der Waals surface area contributed by atoms with Crippen molar-refractivity contribution in [2.75, 3.05) is 25.7 Å². The van der Waals surface area contributed by atoms with Crippen molar-refractivity contribution in [3.05, 3.63) is 34.1 Å². The standard InChI is InChI=1S/C18H27BrN2O/c1-6-8-14(7-2)16-11-21(12-20(16)4)18-13(3)9-15(19)10-17(18)22-5/h9-11,14H,6-8,12H2,1-5H3. The highest BCUT2D eigenvalue weighted by atomic mass is 79.9. The number of ether oxygens (including phenoxy) is 1. The molecule has 1 aromatic rings. The van der Waals surface area contributed by atoms with Gasteiger partial charge in [-0.05, 0) is 37.5 Å². The van der Waals surface area contributed by atoms with Crippen LogP contribution in [-0.4, -0.2) is 25.7 Å². The summed E-state index contributed by atoms with van der Waals surface area (Å²) in [6, 6.07) is 4.19. The van der Waals surface area contributed by atoms with Crippen LogP contribution in [0.4, 0.5) is 5.69 Å². The zero-order valence-electron chi connectivity index (χ0n) is 14.3. The largest absolute Gasteiger partial charge is 0.495 e. The summed E-state index contributed by atoms with van der Waals surface area (Å²) < 4.78 is 6.66. The van der Waals surface area contributed by atoms with Crippen molar-refractivity contribution >= 4 is 21.6 Å². The normalized spacial score (nSPS) is 16.0. The van der Waals surface area contributed by atoms with E-state index in [1.165, 1.54) is 36.2 Å². The maximum atomic E-state index is 5.60. The molecule has 1 aliphatic rings. The predicted octanol–water partition coefficient (Wildman–Crippen LogP) is 5.14. The van der Waals surface area contributed by atoms with Gasteiger partial charge in [0.25, 0.3) is 0 Å². The number of hydrogen-bond acceptors (Lipinski definition) is 3. The average Bonchev–Trinajstić information content (AvgIpc) is 2.85. The Morgan fingerprint density at radius 3 is 2.64 bits per heavy atom. The van der Waals surface area contributed by atoms with Crippen LogP contribution in [0.3, 0.4) is 0 Å². The van der Waals surface area contributed by atoms with Gasteiger partial charge in [0, 0.05) is 29.3 Å². The van der Waals surface area contributed by atoms with E-state index in [1.807, 2.05) is 6.07 Å². The van der Waals surface area contributed by atoms with Gasteiger partial charge < -0.3 is 14.5 Å². The molecule has 2 rings (SSSR count). The molecular formula is C18H27BrN2O. The molecule has 0 bridgehead atoms. The molecule has 1 aliphatic heterocycles. The molecule has 0 saturated carbocycles. The Kier molecular flexibility index (Phi) is 5.79. The van der Waals surface area contributed by atoms with Gasteiger partial charge in [0.15, 0.2) is 0 Å². The van der Waals surface area contributed by atoms with Crippen molar-refractivity contribution in [1.82, 2.24) is 4.90 Å². The van der Waals surface area contributed by atoms with Gasteiger partial charge in [0.05, 0.1) is 19.5 Å². The Labute approximate surface area is 143 Å². The van der Waals surface area contributed by atoms with E-state index in [1.54, 1.807) is 7.11 Å². The second-order valence-electron chi connectivity index (χ2n) is 6.03. The third-order valence-corrected chi connectivity index (χ3v) is 4.84. The number of rotatable bonds is 6. The lowest BCUT2D eigenvalue weighted by Gasteiger charge is -2.25. The summed E-state index contributed by atoms with van der Waals surface area (Å²) in [5.41, 5.74) is 3.83. The zero-order chi connectivity index (χ0) is 16.3. The third-order valence-electron chi connectivity index (χ3n) is 4.38. The fraction of sp³-hybridized carbons (Fsp3) is 0.556. The van der Waals surface area contributed by atoms with Crippen LogP contribution in [0.25, 0.3) is 0 Å². The van der Waals surface area contributed by atoms with Crippen molar-refractivity contribution in [2.24, 2.45) is 5.92 Å². The highest BCUT2D eigenvalue weighted by molar-refractivity contribution is 9.10. The Morgan fingerprint density at radius 1 is 1.32 bits per heavy atom. The maximum absolute atomic E-state index is 5.60. The molecule has 0 aliphatic carbocycles. The topological polar surface area (TPSA) is 15.7 Å². The highest BCUT2D eigenvalue weighted by Gasteiger charge is 2.26. The molecule has 0 N–H and O–H groups in total. The number of benzene rings is 1. The molecule has 122 valence electrons. The Bertz CT molecular complexity index is 556. The van der Waals surface area contributed by atoms with Gasteiger partial charge in [-0.15, -0.1) is 0 Å². The van der Waals surface area contributed by atoms with E-state index in [4.69, 9.17) is 4.74 Å². The number of hydrogen-bond donors (Lipinski definition) is 0. The Balaban J connectivity index is 2.37. The van der Waals surface area contributed by atoms with Crippen LogP contribution in [0.15, 0.2) is 28.5 Å². The fourth-order valence-corrected chi connectivity index (χ4v) is 3.85. The van der Waals surface area contributed by atoms with E-state index in [0.29, 0.717) is 5.92 Å². The summed E-state index contributed by atoms with van der Waals surface area (Å²) in [4.78, 5) is 4.68. The summed E-state index contributed by atoms with van der Waals surface area (Å²) in [7, 11) is 3.92. The zero-order valence-corrected chi connectivity index (χ0v) is 15.9. The van der Waals surface area contributed by atoms with E-state index in [-0.39, 0.29) is 0 Å². The number of methoxy groups -OCH3 is 1. The van der Waals surface area contributed by atoms with E-state index in [0.717, 1.165) is 16.9 Å². The molecule has 22 heavy (non-hydrogen) atoms. The first-order chi connectivity index (χ1) is 10.5. The molecular weight excluding hydrogens is 340 g/mol. The van der Waals surface area contributed by atoms with Gasteiger partial charge >= 0.3 is 0 Å². The average molecular weight is 367 g/mol. The molecule has 0 fully saturated rings. The van der Waals surface area contributed by atoms with Crippen LogP contribution >= 0.6 is 15.9 Å². The molecule has 1 aromatic carbocycles. The maximum Gasteiger partial charge on any atom is 0.143 e. The molecule has 1 atom stereocenters. The van der Waals surface area contributed by atoms with Gasteiger partial charge in [-0.3, -0.25) is 0 Å². The lowest BCUT2D eigenvalue weighted by atomic mass is 9.97. The number of halogens is 1. The minimum atomic E-state index is 0.641. The van der Waals surface area contributed by atoms with E-state index in [9.17, 15) is 0 Å². The second kappa shape index (κ2) is 7.40. The molecule has 3 nitrogen and oxygen atoms in total. The molecule has 4 heteroatoms. The molecule has 0 radical (unpaired) electrons. The minimum absolute atomic E-state index is 0.641. The number of aryl methyl sites for hydroxylation is 1. The molecule has 0 aromatic heterocycles. The Morgan fingerprint density at radius 2 is 2.05 bits per heavy atom. The van der Waals surface area contributed by atoms with Crippen LogP contribution in [0.5, 0.6) is 5.75 Å².